The number of hydrogen-bond donors (Lipinski definition) is 2. The number of hydrogen-bond acceptors (Lipinski definition) is 4. The van der Waals surface area contributed by atoms with Crippen molar-refractivity contribution in [3.63, 3.8) is 0 Å². The largest absolute Gasteiger partial charge is 0.450 e. The highest BCUT2D eigenvalue weighted by Gasteiger charge is 1.97. The molecule has 0 fully saturated rings. The molecule has 0 amide bonds. The number of rotatable bonds is 4. The Hall–Kier alpha value is -1.55. The van der Waals surface area contributed by atoms with Crippen LogP contribution in [0, 0.1) is 0 Å². The summed E-state index contributed by atoms with van der Waals surface area (Å²) in [6.45, 7) is 2.18. The predicted octanol–water partition coefficient (Wildman–Crippen LogP) is 0.879. The fourth-order valence-electron chi connectivity index (χ4n) is 1.03. The van der Waals surface area contributed by atoms with Crippen LogP contribution in [0.15, 0.2) is 24.3 Å². The molecule has 0 radical (unpaired) electrons. The van der Waals surface area contributed by atoms with Gasteiger partial charge in [-0.2, -0.15) is 0 Å². The van der Waals surface area contributed by atoms with E-state index in [1.165, 1.54) is 6.92 Å². The molecule has 0 aromatic heterocycles. The van der Waals surface area contributed by atoms with E-state index in [9.17, 15) is 4.79 Å². The summed E-state index contributed by atoms with van der Waals surface area (Å²) < 4.78 is 4.71. The van der Waals surface area contributed by atoms with Crippen LogP contribution in [0.1, 0.15) is 12.5 Å². The normalized spacial score (nSPS) is 9.79. The molecule has 0 aliphatic carbocycles. The highest BCUT2D eigenvalue weighted by molar-refractivity contribution is 5.65. The van der Waals surface area contributed by atoms with E-state index >= 15 is 0 Å². The Bertz CT molecular complexity index is 313. The van der Waals surface area contributed by atoms with Crippen molar-refractivity contribution in [3.05, 3.63) is 29.8 Å². The van der Waals surface area contributed by atoms with E-state index in [0.29, 0.717) is 6.54 Å². The van der Waals surface area contributed by atoms with Crippen LogP contribution in [-0.4, -0.2) is 12.7 Å². The highest BCUT2D eigenvalue weighted by atomic mass is 16.5. The molecule has 0 aliphatic heterocycles. The van der Waals surface area contributed by atoms with Gasteiger partial charge in [0.15, 0.2) is 0 Å². The van der Waals surface area contributed by atoms with Crippen molar-refractivity contribution in [1.29, 1.82) is 0 Å². The van der Waals surface area contributed by atoms with Crippen LogP contribution >= 0.6 is 0 Å². The quantitative estimate of drug-likeness (QED) is 0.323. The minimum atomic E-state index is -0.293. The number of nitrogens with two attached hydrogens (primary N) is 1. The summed E-state index contributed by atoms with van der Waals surface area (Å²) in [5.41, 5.74) is 7.45. The second-order valence-electron chi connectivity index (χ2n) is 2.91. The maximum absolute atomic E-state index is 10.4. The van der Waals surface area contributed by atoms with Gasteiger partial charge >= 0.3 is 5.97 Å². The highest BCUT2D eigenvalue weighted by Crippen LogP contribution is 2.09. The van der Waals surface area contributed by atoms with Crippen molar-refractivity contribution >= 4 is 11.7 Å². The Balaban J connectivity index is 2.31. The number of ether oxygens (including phenoxy) is 1. The van der Waals surface area contributed by atoms with E-state index in [4.69, 9.17) is 10.5 Å². The molecule has 0 saturated heterocycles. The molecular weight excluding hydrogens is 180 g/mol. The summed E-state index contributed by atoms with van der Waals surface area (Å²) in [6.07, 6.45) is 0. The third kappa shape index (κ3) is 3.45. The van der Waals surface area contributed by atoms with Crippen molar-refractivity contribution in [1.82, 2.24) is 5.32 Å². The molecule has 1 aromatic rings. The third-order valence-electron chi connectivity index (χ3n) is 1.75. The Kier molecular flexibility index (Phi) is 3.94. The SMILES string of the molecule is CC(=O)OCNCc1ccccc1N. The topological polar surface area (TPSA) is 64.3 Å². The first-order chi connectivity index (χ1) is 6.70. The Labute approximate surface area is 83.1 Å². The molecule has 0 spiro atoms. The van der Waals surface area contributed by atoms with Crippen molar-refractivity contribution in [3.8, 4) is 0 Å². The van der Waals surface area contributed by atoms with E-state index in [-0.39, 0.29) is 12.7 Å². The zero-order valence-electron chi connectivity index (χ0n) is 8.12. The predicted molar refractivity (Wildman–Crippen MR) is 54.3 cm³/mol. The number of nitrogen functional groups attached to an aromatic ring is 1. The molecule has 1 rings (SSSR count). The molecular formula is C10H14N2O2. The van der Waals surface area contributed by atoms with Gasteiger partial charge < -0.3 is 10.5 Å². The number of carbonyl (C=O) groups excluding carboxylic acids is 1. The lowest BCUT2D eigenvalue weighted by molar-refractivity contribution is -0.141. The van der Waals surface area contributed by atoms with Gasteiger partial charge in [0.1, 0.15) is 6.73 Å². The van der Waals surface area contributed by atoms with Gasteiger partial charge in [0, 0.05) is 19.2 Å². The summed E-state index contributed by atoms with van der Waals surface area (Å²) in [6, 6.07) is 7.56. The van der Waals surface area contributed by atoms with Gasteiger partial charge in [-0.25, -0.2) is 0 Å². The van der Waals surface area contributed by atoms with Crippen molar-refractivity contribution in [2.75, 3.05) is 12.5 Å². The first-order valence-electron chi connectivity index (χ1n) is 4.37. The second-order valence-corrected chi connectivity index (χ2v) is 2.91. The zero-order valence-corrected chi connectivity index (χ0v) is 8.12. The minimum Gasteiger partial charge on any atom is -0.450 e. The Morgan fingerprint density at radius 3 is 2.86 bits per heavy atom. The monoisotopic (exact) mass is 194 g/mol. The molecule has 0 heterocycles. The first-order valence-corrected chi connectivity index (χ1v) is 4.37. The molecule has 4 heteroatoms. The van der Waals surface area contributed by atoms with E-state index < -0.39 is 0 Å². The first kappa shape index (κ1) is 10.5. The number of nitrogens with one attached hydrogen (secondary N) is 1. The molecule has 0 unspecified atom stereocenters. The zero-order chi connectivity index (χ0) is 10.4. The maximum atomic E-state index is 10.4. The smallest absolute Gasteiger partial charge is 0.303 e. The molecule has 3 N–H and O–H groups in total. The molecule has 4 nitrogen and oxygen atoms in total. The number of anilines is 1. The van der Waals surface area contributed by atoms with Gasteiger partial charge in [0.2, 0.25) is 0 Å². The number of esters is 1. The van der Waals surface area contributed by atoms with Crippen LogP contribution in [0.4, 0.5) is 5.69 Å². The van der Waals surface area contributed by atoms with Crippen molar-refractivity contribution in [2.45, 2.75) is 13.5 Å². The average Bonchev–Trinajstić information content (AvgIpc) is 2.15. The van der Waals surface area contributed by atoms with Crippen molar-refractivity contribution in [2.24, 2.45) is 0 Å². The molecule has 0 atom stereocenters. The summed E-state index contributed by atoms with van der Waals surface area (Å²) >= 11 is 0. The van der Waals surface area contributed by atoms with Gasteiger partial charge in [-0.3, -0.25) is 10.1 Å². The molecule has 14 heavy (non-hydrogen) atoms. The Morgan fingerprint density at radius 2 is 2.21 bits per heavy atom. The molecule has 76 valence electrons. The fraction of sp³-hybridized carbons (Fsp3) is 0.300. The third-order valence-corrected chi connectivity index (χ3v) is 1.75. The molecule has 0 aliphatic rings. The lowest BCUT2D eigenvalue weighted by atomic mass is 10.2. The fourth-order valence-corrected chi connectivity index (χ4v) is 1.03. The van der Waals surface area contributed by atoms with Gasteiger partial charge in [0.25, 0.3) is 0 Å². The summed E-state index contributed by atoms with van der Waals surface area (Å²) in [7, 11) is 0. The van der Waals surface area contributed by atoms with E-state index in [1.54, 1.807) is 0 Å². The van der Waals surface area contributed by atoms with Gasteiger partial charge in [-0.15, -0.1) is 0 Å². The minimum absolute atomic E-state index is 0.212. The van der Waals surface area contributed by atoms with Crippen LogP contribution in [0.25, 0.3) is 0 Å². The van der Waals surface area contributed by atoms with Gasteiger partial charge in [-0.05, 0) is 11.6 Å². The van der Waals surface area contributed by atoms with Crippen LogP contribution < -0.4 is 11.1 Å². The van der Waals surface area contributed by atoms with Crippen LogP contribution in [0.3, 0.4) is 0 Å². The van der Waals surface area contributed by atoms with Crippen LogP contribution in [0.2, 0.25) is 0 Å². The average molecular weight is 194 g/mol. The number of benzene rings is 1. The number of carbonyl (C=O) groups is 1. The van der Waals surface area contributed by atoms with Gasteiger partial charge in [-0.1, -0.05) is 18.2 Å². The lowest BCUT2D eigenvalue weighted by Crippen LogP contribution is -2.19. The van der Waals surface area contributed by atoms with E-state index in [2.05, 4.69) is 5.32 Å². The van der Waals surface area contributed by atoms with Crippen molar-refractivity contribution < 1.29 is 9.53 Å². The summed E-state index contributed by atoms with van der Waals surface area (Å²) in [4.78, 5) is 10.4. The van der Waals surface area contributed by atoms with Crippen LogP contribution in [-0.2, 0) is 16.1 Å². The molecule has 0 bridgehead atoms. The second kappa shape index (κ2) is 5.24. The summed E-state index contributed by atoms with van der Waals surface area (Å²) in [5.74, 6) is -0.293. The molecule has 0 saturated carbocycles. The van der Waals surface area contributed by atoms with E-state index in [1.807, 2.05) is 24.3 Å². The lowest BCUT2D eigenvalue weighted by Gasteiger charge is -2.06. The summed E-state index contributed by atoms with van der Waals surface area (Å²) in [5, 5.41) is 2.95. The standard InChI is InChI=1S/C10H14N2O2/c1-8(13)14-7-12-6-9-4-2-3-5-10(9)11/h2-5,12H,6-7,11H2,1H3. The maximum Gasteiger partial charge on any atom is 0.303 e. The van der Waals surface area contributed by atoms with E-state index in [0.717, 1.165) is 11.3 Å². The van der Waals surface area contributed by atoms with Gasteiger partial charge in [0.05, 0.1) is 0 Å². The molecule has 1 aromatic carbocycles. The number of para-hydroxylation sites is 1. The Morgan fingerprint density at radius 1 is 1.50 bits per heavy atom. The van der Waals surface area contributed by atoms with Crippen LogP contribution in [0.5, 0.6) is 0 Å².